The minimum Gasteiger partial charge on any atom is -0.497 e. The molecule has 5 rings (SSSR count). The van der Waals surface area contributed by atoms with E-state index in [0.717, 1.165) is 24.5 Å². The first kappa shape index (κ1) is 16.8. The zero-order valence-electron chi connectivity index (χ0n) is 16.0. The SMILES string of the molecule is COc1ccc(C2c3[nH]c4ccc(C)cc4c3CCN2c2cnccn2)cc1. The Labute approximate surface area is 164 Å². The lowest BCUT2D eigenvalue weighted by Crippen LogP contribution is -2.36. The highest BCUT2D eigenvalue weighted by Crippen LogP contribution is 2.40. The molecule has 0 bridgehead atoms. The predicted octanol–water partition coefficient (Wildman–Crippen LogP) is 4.43. The maximum Gasteiger partial charge on any atom is 0.147 e. The molecule has 1 atom stereocenters. The highest BCUT2D eigenvalue weighted by atomic mass is 16.5. The average Bonchev–Trinajstić information content (AvgIpc) is 3.11. The minimum absolute atomic E-state index is 0.0547. The summed E-state index contributed by atoms with van der Waals surface area (Å²) in [5, 5.41) is 1.33. The molecule has 2 aromatic carbocycles. The molecule has 0 saturated carbocycles. The summed E-state index contributed by atoms with van der Waals surface area (Å²) in [5.41, 5.74) is 6.32. The first-order valence-corrected chi connectivity index (χ1v) is 9.52. The summed E-state index contributed by atoms with van der Waals surface area (Å²) in [6.45, 7) is 3.04. The number of aryl methyl sites for hydroxylation is 1. The van der Waals surface area contributed by atoms with Gasteiger partial charge >= 0.3 is 0 Å². The van der Waals surface area contributed by atoms with Crippen LogP contribution in [0.5, 0.6) is 5.75 Å². The molecule has 5 nitrogen and oxygen atoms in total. The third-order valence-corrected chi connectivity index (χ3v) is 5.56. The molecule has 140 valence electrons. The molecular weight excluding hydrogens is 348 g/mol. The number of hydrogen-bond donors (Lipinski definition) is 1. The summed E-state index contributed by atoms with van der Waals surface area (Å²) in [4.78, 5) is 14.9. The number of anilines is 1. The summed E-state index contributed by atoms with van der Waals surface area (Å²) in [5.74, 6) is 1.75. The number of methoxy groups -OCH3 is 1. The highest BCUT2D eigenvalue weighted by Gasteiger charge is 2.32. The number of nitrogens with zero attached hydrogens (tertiary/aromatic N) is 3. The van der Waals surface area contributed by atoms with E-state index in [1.165, 1.54) is 33.3 Å². The van der Waals surface area contributed by atoms with Crippen molar-refractivity contribution in [3.8, 4) is 5.75 Å². The Balaban J connectivity index is 1.70. The Bertz CT molecular complexity index is 1120. The molecule has 1 aliphatic rings. The van der Waals surface area contributed by atoms with Gasteiger partial charge in [0.05, 0.1) is 19.3 Å². The van der Waals surface area contributed by atoms with Gasteiger partial charge in [-0.25, -0.2) is 4.98 Å². The Hall–Kier alpha value is -3.34. The van der Waals surface area contributed by atoms with E-state index in [9.17, 15) is 0 Å². The van der Waals surface area contributed by atoms with E-state index in [2.05, 4.69) is 57.1 Å². The second kappa shape index (κ2) is 6.68. The van der Waals surface area contributed by atoms with E-state index in [4.69, 9.17) is 4.74 Å². The molecule has 5 heteroatoms. The number of hydrogen-bond acceptors (Lipinski definition) is 4. The summed E-state index contributed by atoms with van der Waals surface area (Å²) in [6, 6.07) is 15.0. The normalized spacial score (nSPS) is 16.2. The van der Waals surface area contributed by atoms with Crippen molar-refractivity contribution in [2.45, 2.75) is 19.4 Å². The average molecular weight is 370 g/mol. The lowest BCUT2D eigenvalue weighted by atomic mass is 9.92. The maximum atomic E-state index is 5.35. The molecule has 3 heterocycles. The fraction of sp³-hybridized carbons (Fsp3) is 0.217. The molecule has 1 N–H and O–H groups in total. The van der Waals surface area contributed by atoms with Gasteiger partial charge in [0, 0.05) is 35.5 Å². The van der Waals surface area contributed by atoms with Crippen molar-refractivity contribution in [3.63, 3.8) is 0 Å². The topological polar surface area (TPSA) is 54.0 Å². The summed E-state index contributed by atoms with van der Waals surface area (Å²) < 4.78 is 5.35. The standard InChI is InChI=1S/C23H22N4O/c1-15-3-8-20-19(13-15)18-9-12-27(21-14-24-10-11-25-21)23(22(18)26-20)16-4-6-17(28-2)7-5-16/h3-8,10-11,13-14,23,26H,9,12H2,1-2H3. The van der Waals surface area contributed by atoms with Crippen LogP contribution in [0, 0.1) is 6.92 Å². The molecule has 1 unspecified atom stereocenters. The van der Waals surface area contributed by atoms with Crippen LogP contribution >= 0.6 is 0 Å². The molecule has 0 fully saturated rings. The number of fused-ring (bicyclic) bond motifs is 3. The molecule has 28 heavy (non-hydrogen) atoms. The monoisotopic (exact) mass is 370 g/mol. The van der Waals surface area contributed by atoms with Crippen LogP contribution in [0.15, 0.2) is 61.1 Å². The second-order valence-corrected chi connectivity index (χ2v) is 7.25. The molecule has 0 aliphatic carbocycles. The van der Waals surface area contributed by atoms with E-state index < -0.39 is 0 Å². The van der Waals surface area contributed by atoms with Gasteiger partial charge in [-0.3, -0.25) is 4.98 Å². The summed E-state index contributed by atoms with van der Waals surface area (Å²) >= 11 is 0. The zero-order valence-corrected chi connectivity index (χ0v) is 16.0. The number of nitrogens with one attached hydrogen (secondary N) is 1. The number of benzene rings is 2. The molecule has 0 amide bonds. The van der Waals surface area contributed by atoms with Crippen molar-refractivity contribution in [3.05, 3.63) is 83.4 Å². The number of ether oxygens (including phenoxy) is 1. The third kappa shape index (κ3) is 2.71. The van der Waals surface area contributed by atoms with Gasteiger partial charge in [0.2, 0.25) is 0 Å². The number of H-pyrrole nitrogens is 1. The highest BCUT2D eigenvalue weighted by molar-refractivity contribution is 5.86. The van der Waals surface area contributed by atoms with E-state index in [1.807, 2.05) is 18.3 Å². The van der Waals surface area contributed by atoms with Gasteiger partial charge in [-0.1, -0.05) is 23.8 Å². The maximum absolute atomic E-state index is 5.35. The van der Waals surface area contributed by atoms with Crippen molar-refractivity contribution in [1.29, 1.82) is 0 Å². The molecule has 0 saturated heterocycles. The first-order valence-electron chi connectivity index (χ1n) is 9.52. The van der Waals surface area contributed by atoms with E-state index in [-0.39, 0.29) is 6.04 Å². The number of aromatic nitrogens is 3. The van der Waals surface area contributed by atoms with Gasteiger partial charge in [-0.2, -0.15) is 0 Å². The van der Waals surface area contributed by atoms with Crippen LogP contribution in [0.3, 0.4) is 0 Å². The van der Waals surface area contributed by atoms with Gasteiger partial charge in [0.25, 0.3) is 0 Å². The summed E-state index contributed by atoms with van der Waals surface area (Å²) in [7, 11) is 1.69. The molecular formula is C23H22N4O. The largest absolute Gasteiger partial charge is 0.497 e. The quantitative estimate of drug-likeness (QED) is 0.580. The van der Waals surface area contributed by atoms with Crippen LogP contribution < -0.4 is 9.64 Å². The zero-order chi connectivity index (χ0) is 19.1. The molecule has 4 aromatic rings. The van der Waals surface area contributed by atoms with Crippen LogP contribution in [0.25, 0.3) is 10.9 Å². The lowest BCUT2D eigenvalue weighted by molar-refractivity contribution is 0.414. The van der Waals surface area contributed by atoms with Gasteiger partial charge in [-0.15, -0.1) is 0 Å². The fourth-order valence-electron chi connectivity index (χ4n) is 4.22. The Morgan fingerprint density at radius 1 is 1.11 bits per heavy atom. The van der Waals surface area contributed by atoms with Crippen molar-refractivity contribution in [1.82, 2.24) is 15.0 Å². The lowest BCUT2D eigenvalue weighted by Gasteiger charge is -2.37. The van der Waals surface area contributed by atoms with Crippen molar-refractivity contribution in [2.75, 3.05) is 18.6 Å². The van der Waals surface area contributed by atoms with Crippen LogP contribution in [0.2, 0.25) is 0 Å². The van der Waals surface area contributed by atoms with E-state index in [1.54, 1.807) is 19.5 Å². The van der Waals surface area contributed by atoms with Gasteiger partial charge in [0.15, 0.2) is 0 Å². The number of rotatable bonds is 3. The van der Waals surface area contributed by atoms with Gasteiger partial charge < -0.3 is 14.6 Å². The van der Waals surface area contributed by atoms with Crippen molar-refractivity contribution in [2.24, 2.45) is 0 Å². The molecule has 1 aliphatic heterocycles. The molecule has 0 radical (unpaired) electrons. The van der Waals surface area contributed by atoms with Gasteiger partial charge in [0.1, 0.15) is 11.6 Å². The molecule has 2 aromatic heterocycles. The van der Waals surface area contributed by atoms with E-state index >= 15 is 0 Å². The smallest absolute Gasteiger partial charge is 0.147 e. The first-order chi connectivity index (χ1) is 13.7. The van der Waals surface area contributed by atoms with Crippen molar-refractivity contribution < 1.29 is 4.74 Å². The van der Waals surface area contributed by atoms with Gasteiger partial charge in [-0.05, 0) is 48.7 Å². The third-order valence-electron chi connectivity index (χ3n) is 5.56. The van der Waals surface area contributed by atoms with Crippen LogP contribution in [0.4, 0.5) is 5.82 Å². The van der Waals surface area contributed by atoms with Crippen LogP contribution in [-0.2, 0) is 6.42 Å². The fourth-order valence-corrected chi connectivity index (χ4v) is 4.22. The van der Waals surface area contributed by atoms with E-state index in [0.29, 0.717) is 0 Å². The van der Waals surface area contributed by atoms with Crippen LogP contribution in [0.1, 0.15) is 28.4 Å². The number of aromatic amines is 1. The minimum atomic E-state index is 0.0547. The van der Waals surface area contributed by atoms with Crippen molar-refractivity contribution >= 4 is 16.7 Å². The Kier molecular flexibility index (Phi) is 4.01. The predicted molar refractivity (Wildman–Crippen MR) is 111 cm³/mol. The Morgan fingerprint density at radius 2 is 1.96 bits per heavy atom. The second-order valence-electron chi connectivity index (χ2n) is 7.25. The van der Waals surface area contributed by atoms with Crippen LogP contribution in [-0.4, -0.2) is 28.6 Å². The Morgan fingerprint density at radius 3 is 2.71 bits per heavy atom. The molecule has 0 spiro atoms. The summed E-state index contributed by atoms with van der Waals surface area (Å²) in [6.07, 6.45) is 6.29.